The Labute approximate surface area is 46.2 Å². The van der Waals surface area contributed by atoms with Gasteiger partial charge in [-0.2, -0.15) is 0 Å². The molecule has 0 radical (unpaired) electrons. The van der Waals surface area contributed by atoms with Gasteiger partial charge in [-0.15, -0.1) is 0 Å². The van der Waals surface area contributed by atoms with Gasteiger partial charge in [0.2, 0.25) is 0 Å². The fraction of sp³-hybridized carbons (Fsp3) is 0.500. The van der Waals surface area contributed by atoms with E-state index in [0.29, 0.717) is 0 Å². The molecule has 1 heteroatoms. The molecular formula is C4H8Te. The summed E-state index contributed by atoms with van der Waals surface area (Å²) in [5, 5.41) is 0. The van der Waals surface area contributed by atoms with E-state index in [2.05, 4.69) is 18.0 Å². The van der Waals surface area contributed by atoms with Gasteiger partial charge in [-0.05, 0) is 0 Å². The second-order valence-corrected chi connectivity index (χ2v) is 1.94. The summed E-state index contributed by atoms with van der Waals surface area (Å²) >= 11 is 1.74. The zero-order chi connectivity index (χ0) is 4.28. The van der Waals surface area contributed by atoms with Gasteiger partial charge in [0.1, 0.15) is 0 Å². The molecule has 30 valence electrons. The first-order valence-corrected chi connectivity index (χ1v) is 3.02. The fourth-order valence-corrected chi connectivity index (χ4v) is 0. The minimum atomic E-state index is 1.40. The molecule has 0 amide bonds. The molecule has 5 heavy (non-hydrogen) atoms. The van der Waals surface area contributed by atoms with Crippen molar-refractivity contribution in [3.63, 3.8) is 0 Å². The van der Waals surface area contributed by atoms with Crippen LogP contribution < -0.4 is 0 Å². The summed E-state index contributed by atoms with van der Waals surface area (Å²) in [5.41, 5.74) is 1.40. The Morgan fingerprint density at radius 3 is 1.80 bits per heavy atom. The maximum absolute atomic E-state index is 2.13. The predicted octanol–water partition coefficient (Wildman–Crippen LogP) is 0.811. The van der Waals surface area contributed by atoms with Crippen LogP contribution in [-0.2, 0) is 0 Å². The molecule has 0 atom stereocenters. The maximum atomic E-state index is 2.13. The van der Waals surface area contributed by atoms with Crippen LogP contribution in [0.1, 0.15) is 13.8 Å². The Balaban J connectivity index is 3.14. The summed E-state index contributed by atoms with van der Waals surface area (Å²) in [6.45, 7) is 4.19. The zero-order valence-corrected chi connectivity index (χ0v) is 6.08. The average Bonchev–Trinajstić information content (AvgIpc) is 1.38. The Hall–Kier alpha value is 0.530. The van der Waals surface area contributed by atoms with E-state index in [1.54, 1.807) is 22.3 Å². The van der Waals surface area contributed by atoms with E-state index in [1.165, 1.54) is 5.57 Å². The Kier molecular flexibility index (Phi) is 3.04. The van der Waals surface area contributed by atoms with E-state index in [4.69, 9.17) is 0 Å². The van der Waals surface area contributed by atoms with Crippen molar-refractivity contribution in [2.75, 3.05) is 0 Å². The summed E-state index contributed by atoms with van der Waals surface area (Å²) in [5.74, 6) is 0. The van der Waals surface area contributed by atoms with Crippen LogP contribution in [0.4, 0.5) is 0 Å². The fourth-order valence-electron chi connectivity index (χ4n) is 0. The molecule has 0 saturated carbocycles. The van der Waals surface area contributed by atoms with E-state index >= 15 is 0 Å². The van der Waals surface area contributed by atoms with Gasteiger partial charge in [0.25, 0.3) is 0 Å². The normalized spacial score (nSPS) is 7.00. The van der Waals surface area contributed by atoms with Gasteiger partial charge < -0.3 is 0 Å². The SMILES string of the molecule is CC(C)=C[TeH]. The molecule has 0 nitrogen and oxygen atoms in total. The molecule has 0 spiro atoms. The van der Waals surface area contributed by atoms with Crippen molar-refractivity contribution < 1.29 is 0 Å². The summed E-state index contributed by atoms with van der Waals surface area (Å²) < 4.78 is 2.13. The van der Waals surface area contributed by atoms with Crippen LogP contribution in [0, 0.1) is 0 Å². The first-order chi connectivity index (χ1) is 2.27. The third kappa shape index (κ3) is 4.53. The molecular weight excluding hydrogens is 176 g/mol. The molecule has 0 aliphatic heterocycles. The third-order valence-corrected chi connectivity index (χ3v) is 1.73. The molecule has 0 aliphatic rings. The van der Waals surface area contributed by atoms with Gasteiger partial charge in [0.15, 0.2) is 0 Å². The van der Waals surface area contributed by atoms with Crippen molar-refractivity contribution >= 4 is 22.3 Å². The summed E-state index contributed by atoms with van der Waals surface area (Å²) in [6, 6.07) is 0. The van der Waals surface area contributed by atoms with Gasteiger partial charge in [0, 0.05) is 0 Å². The third-order valence-electron chi connectivity index (χ3n) is 0.258. The molecule has 0 fully saturated rings. The Morgan fingerprint density at radius 2 is 1.80 bits per heavy atom. The van der Waals surface area contributed by atoms with Crippen LogP contribution in [0.5, 0.6) is 0 Å². The van der Waals surface area contributed by atoms with Crippen LogP contribution in [0.3, 0.4) is 0 Å². The molecule has 0 aromatic rings. The summed E-state index contributed by atoms with van der Waals surface area (Å²) in [4.78, 5) is 0. The van der Waals surface area contributed by atoms with E-state index in [-0.39, 0.29) is 0 Å². The Morgan fingerprint density at radius 1 is 1.60 bits per heavy atom. The molecule has 0 rings (SSSR count). The molecule has 0 aliphatic carbocycles. The number of allylic oxidation sites excluding steroid dienone is 1. The minimum absolute atomic E-state index is 1.40. The van der Waals surface area contributed by atoms with Crippen molar-refractivity contribution in [1.82, 2.24) is 0 Å². The van der Waals surface area contributed by atoms with E-state index in [1.807, 2.05) is 0 Å². The van der Waals surface area contributed by atoms with Gasteiger partial charge in [-0.1, -0.05) is 0 Å². The van der Waals surface area contributed by atoms with Crippen LogP contribution in [-0.4, -0.2) is 22.3 Å². The van der Waals surface area contributed by atoms with E-state index in [0.717, 1.165) is 0 Å². The van der Waals surface area contributed by atoms with Crippen molar-refractivity contribution in [3.8, 4) is 0 Å². The standard InChI is InChI=1S/C4H8Te/c1-4(2)3-5/h3,5H,1-2H3. The first-order valence-electron chi connectivity index (χ1n) is 1.55. The van der Waals surface area contributed by atoms with Crippen molar-refractivity contribution in [3.05, 3.63) is 9.70 Å². The van der Waals surface area contributed by atoms with Crippen LogP contribution in [0.2, 0.25) is 0 Å². The molecule has 0 saturated heterocycles. The van der Waals surface area contributed by atoms with Crippen molar-refractivity contribution in [1.29, 1.82) is 0 Å². The molecule has 0 unspecified atom stereocenters. The summed E-state index contributed by atoms with van der Waals surface area (Å²) in [7, 11) is 0. The number of hydrogen-bond donors (Lipinski definition) is 0. The van der Waals surface area contributed by atoms with Crippen molar-refractivity contribution in [2.45, 2.75) is 13.8 Å². The number of rotatable bonds is 0. The number of hydrogen-bond acceptors (Lipinski definition) is 0. The van der Waals surface area contributed by atoms with Crippen LogP contribution >= 0.6 is 0 Å². The van der Waals surface area contributed by atoms with Crippen LogP contribution in [0.15, 0.2) is 9.70 Å². The van der Waals surface area contributed by atoms with Gasteiger partial charge in [0.05, 0.1) is 0 Å². The average molecular weight is 184 g/mol. The van der Waals surface area contributed by atoms with Gasteiger partial charge in [-0.25, -0.2) is 0 Å². The monoisotopic (exact) mass is 186 g/mol. The quantitative estimate of drug-likeness (QED) is 0.488. The summed E-state index contributed by atoms with van der Waals surface area (Å²) in [6.07, 6.45) is 0. The molecule has 0 aromatic carbocycles. The topological polar surface area (TPSA) is 0 Å². The molecule has 0 aromatic heterocycles. The second kappa shape index (κ2) is 2.75. The first kappa shape index (κ1) is 5.53. The molecule has 0 N–H and O–H groups in total. The van der Waals surface area contributed by atoms with Gasteiger partial charge >= 0.3 is 45.8 Å². The molecule has 0 heterocycles. The Bertz CT molecular complexity index is 41.6. The van der Waals surface area contributed by atoms with Crippen LogP contribution in [0.25, 0.3) is 0 Å². The van der Waals surface area contributed by atoms with Crippen molar-refractivity contribution in [2.24, 2.45) is 0 Å². The van der Waals surface area contributed by atoms with Gasteiger partial charge in [-0.3, -0.25) is 0 Å². The zero-order valence-electron chi connectivity index (χ0n) is 3.52. The van der Waals surface area contributed by atoms with E-state index in [9.17, 15) is 0 Å². The molecule has 0 bridgehead atoms. The second-order valence-electron chi connectivity index (χ2n) is 1.21. The van der Waals surface area contributed by atoms with E-state index < -0.39 is 0 Å². The predicted molar refractivity (Wildman–Crippen MR) is 26.6 cm³/mol.